The average molecular weight is 469 g/mol. The highest BCUT2D eigenvalue weighted by Crippen LogP contribution is 2.32. The topological polar surface area (TPSA) is 66.8 Å². The molecule has 3 heterocycles. The van der Waals surface area contributed by atoms with Gasteiger partial charge in [0.1, 0.15) is 5.82 Å². The van der Waals surface area contributed by atoms with Crippen molar-refractivity contribution in [2.24, 2.45) is 4.99 Å². The number of aromatic nitrogens is 1. The van der Waals surface area contributed by atoms with Crippen LogP contribution >= 0.6 is 34.9 Å². The molecule has 0 spiro atoms. The number of fused-ring (bicyclic) bond motifs is 1. The fraction of sp³-hybridized carbons (Fsp3) is 0.350. The molecule has 1 N–H and O–H groups in total. The Hall–Kier alpha value is -1.94. The van der Waals surface area contributed by atoms with Gasteiger partial charge in [-0.15, -0.1) is 11.3 Å². The molecule has 6 nitrogen and oxygen atoms in total. The lowest BCUT2D eigenvalue weighted by Crippen LogP contribution is -2.36. The van der Waals surface area contributed by atoms with Gasteiger partial charge in [0.15, 0.2) is 10.8 Å². The molecule has 2 aromatic rings. The van der Waals surface area contributed by atoms with Crippen LogP contribution in [0.25, 0.3) is 0 Å². The average Bonchev–Trinajstić information content (AvgIpc) is 3.33. The Balaban J connectivity index is 0.000000269. The first kappa shape index (κ1) is 22.7. The number of nitrogens with one attached hydrogen (secondary N) is 1. The molecule has 30 heavy (non-hydrogen) atoms. The first-order valence-electron chi connectivity index (χ1n) is 9.17. The highest BCUT2D eigenvalue weighted by Gasteiger charge is 2.37. The Morgan fingerprint density at radius 3 is 2.83 bits per heavy atom. The van der Waals surface area contributed by atoms with E-state index in [0.717, 1.165) is 34.4 Å². The summed E-state index contributed by atoms with van der Waals surface area (Å²) in [6.45, 7) is 3.18. The van der Waals surface area contributed by atoms with Gasteiger partial charge in [-0.25, -0.2) is 14.2 Å². The number of esters is 1. The van der Waals surface area contributed by atoms with Crippen molar-refractivity contribution in [2.45, 2.75) is 19.4 Å². The number of aliphatic imine (C=N–C) groups is 1. The number of aryl methyl sites for hydroxylation is 1. The molecule has 0 aliphatic carbocycles. The number of hydrogen-bond acceptors (Lipinski definition) is 8. The normalized spacial score (nSPS) is 17.8. The second kappa shape index (κ2) is 10.4. The van der Waals surface area contributed by atoms with Crippen molar-refractivity contribution in [1.29, 1.82) is 0 Å². The third-order valence-corrected chi connectivity index (χ3v) is 6.19. The third-order valence-electron chi connectivity index (χ3n) is 4.48. The highest BCUT2D eigenvalue weighted by atomic mass is 35.5. The van der Waals surface area contributed by atoms with Crippen LogP contribution in [-0.2, 0) is 9.53 Å². The van der Waals surface area contributed by atoms with Crippen LogP contribution in [0.15, 0.2) is 46.7 Å². The maximum Gasteiger partial charge on any atom is 0.337 e. The SMILES string of the molecule is COC(=O)C1=C2C[C@H](NSC)CN2C(c2ncc(C)s2)=NC1.Fc1cccc(Cl)c1. The molecule has 1 saturated heterocycles. The van der Waals surface area contributed by atoms with Crippen molar-refractivity contribution in [3.05, 3.63) is 62.5 Å². The molecule has 10 heteroatoms. The maximum absolute atomic E-state index is 12.1. The Labute approximate surface area is 188 Å². The predicted octanol–water partition coefficient (Wildman–Crippen LogP) is 4.06. The first-order chi connectivity index (χ1) is 14.4. The third kappa shape index (κ3) is 5.40. The number of nitrogens with zero attached hydrogens (tertiary/aromatic N) is 3. The number of rotatable bonds is 4. The van der Waals surface area contributed by atoms with E-state index < -0.39 is 0 Å². The van der Waals surface area contributed by atoms with Crippen LogP contribution in [0.4, 0.5) is 4.39 Å². The lowest BCUT2D eigenvalue weighted by Gasteiger charge is -2.26. The van der Waals surface area contributed by atoms with E-state index in [4.69, 9.17) is 16.3 Å². The molecule has 2 aliphatic rings. The summed E-state index contributed by atoms with van der Waals surface area (Å²) in [6, 6.07) is 6.10. The summed E-state index contributed by atoms with van der Waals surface area (Å²) in [5.41, 5.74) is 1.67. The number of halogens is 2. The van der Waals surface area contributed by atoms with Crippen LogP contribution in [-0.4, -0.2) is 54.2 Å². The zero-order valence-corrected chi connectivity index (χ0v) is 19.2. The number of methoxy groups -OCH3 is 1. The van der Waals surface area contributed by atoms with Gasteiger partial charge in [0, 0.05) is 40.8 Å². The van der Waals surface area contributed by atoms with Crippen LogP contribution in [0.2, 0.25) is 5.02 Å². The van der Waals surface area contributed by atoms with Crippen molar-refractivity contribution in [3.8, 4) is 0 Å². The van der Waals surface area contributed by atoms with E-state index >= 15 is 0 Å². The number of carbonyl (C=O) groups is 1. The van der Waals surface area contributed by atoms with Gasteiger partial charge >= 0.3 is 5.97 Å². The molecule has 1 fully saturated rings. The second-order valence-corrected chi connectivity index (χ2v) is 8.92. The summed E-state index contributed by atoms with van der Waals surface area (Å²) >= 11 is 8.62. The van der Waals surface area contributed by atoms with Gasteiger partial charge in [0.05, 0.1) is 19.2 Å². The van der Waals surface area contributed by atoms with E-state index in [1.807, 2.05) is 19.4 Å². The van der Waals surface area contributed by atoms with Crippen molar-refractivity contribution in [3.63, 3.8) is 0 Å². The highest BCUT2D eigenvalue weighted by molar-refractivity contribution is 7.96. The van der Waals surface area contributed by atoms with Crippen LogP contribution in [0.1, 0.15) is 16.3 Å². The van der Waals surface area contributed by atoms with Gasteiger partial charge in [0.25, 0.3) is 0 Å². The fourth-order valence-electron chi connectivity index (χ4n) is 3.22. The Morgan fingerprint density at radius 2 is 2.27 bits per heavy atom. The minimum absolute atomic E-state index is 0.286. The smallest absolute Gasteiger partial charge is 0.337 e. The largest absolute Gasteiger partial charge is 0.466 e. The Kier molecular flexibility index (Phi) is 7.87. The summed E-state index contributed by atoms with van der Waals surface area (Å²) in [7, 11) is 1.41. The van der Waals surface area contributed by atoms with Crippen molar-refractivity contribution >= 4 is 46.7 Å². The van der Waals surface area contributed by atoms with Gasteiger partial charge in [-0.05, 0) is 31.4 Å². The quantitative estimate of drug-likeness (QED) is 0.539. The van der Waals surface area contributed by atoms with Crippen LogP contribution in [0.5, 0.6) is 0 Å². The molecule has 0 radical (unpaired) electrons. The number of benzene rings is 1. The van der Waals surface area contributed by atoms with E-state index in [2.05, 4.69) is 19.6 Å². The molecule has 1 aromatic carbocycles. The molecule has 0 bridgehead atoms. The molecule has 0 saturated carbocycles. The van der Waals surface area contributed by atoms with Gasteiger partial charge in [-0.3, -0.25) is 9.71 Å². The van der Waals surface area contributed by atoms with E-state index in [9.17, 15) is 9.18 Å². The van der Waals surface area contributed by atoms with Gasteiger partial charge in [-0.2, -0.15) is 0 Å². The van der Waals surface area contributed by atoms with Crippen LogP contribution in [0, 0.1) is 12.7 Å². The van der Waals surface area contributed by atoms with Crippen LogP contribution < -0.4 is 4.72 Å². The molecular formula is C20H22ClFN4O2S2. The van der Waals surface area contributed by atoms with Crippen LogP contribution in [0.3, 0.4) is 0 Å². The van der Waals surface area contributed by atoms with Crippen molar-refractivity contribution in [2.75, 3.05) is 26.5 Å². The summed E-state index contributed by atoms with van der Waals surface area (Å²) < 4.78 is 20.4. The Morgan fingerprint density at radius 1 is 1.47 bits per heavy atom. The Bertz CT molecular complexity index is 962. The zero-order chi connectivity index (χ0) is 21.7. The van der Waals surface area contributed by atoms with E-state index in [0.29, 0.717) is 17.1 Å². The lowest BCUT2D eigenvalue weighted by molar-refractivity contribution is -0.136. The number of amidine groups is 1. The first-order valence-corrected chi connectivity index (χ1v) is 11.6. The zero-order valence-electron chi connectivity index (χ0n) is 16.8. The van der Waals surface area contributed by atoms with E-state index in [-0.39, 0.29) is 17.8 Å². The molecule has 1 atom stereocenters. The fourth-order valence-corrected chi connectivity index (χ4v) is 4.67. The van der Waals surface area contributed by atoms with Gasteiger partial charge in [0.2, 0.25) is 0 Å². The number of hydrogen-bond donors (Lipinski definition) is 1. The summed E-state index contributed by atoms with van der Waals surface area (Å²) in [5.74, 6) is 0.284. The molecule has 2 aliphatic heterocycles. The van der Waals surface area contributed by atoms with Crippen molar-refractivity contribution < 1.29 is 13.9 Å². The van der Waals surface area contributed by atoms with E-state index in [1.54, 1.807) is 35.4 Å². The number of ether oxygens (including phenoxy) is 1. The summed E-state index contributed by atoms with van der Waals surface area (Å²) in [5, 5.41) is 1.34. The summed E-state index contributed by atoms with van der Waals surface area (Å²) in [4.78, 5) is 24.3. The number of carbonyl (C=O) groups excluding carboxylic acids is 1. The molecular weight excluding hydrogens is 447 g/mol. The minimum Gasteiger partial charge on any atom is -0.466 e. The molecule has 1 aromatic heterocycles. The van der Waals surface area contributed by atoms with Gasteiger partial charge in [-0.1, -0.05) is 29.6 Å². The maximum atomic E-state index is 12.1. The molecule has 160 valence electrons. The number of thiazole rings is 1. The van der Waals surface area contributed by atoms with E-state index in [1.165, 1.54) is 19.2 Å². The molecule has 0 amide bonds. The predicted molar refractivity (Wildman–Crippen MR) is 120 cm³/mol. The van der Waals surface area contributed by atoms with Gasteiger partial charge < -0.3 is 9.64 Å². The monoisotopic (exact) mass is 468 g/mol. The van der Waals surface area contributed by atoms with Crippen molar-refractivity contribution in [1.82, 2.24) is 14.6 Å². The summed E-state index contributed by atoms with van der Waals surface area (Å²) in [6.07, 6.45) is 4.66. The standard InChI is InChI=1S/C14H18N4O2S2.C6H4ClF/c1-8-5-16-13(22-8)12-15-6-10(14(19)20-2)11-4-9(17-21-3)7-18(11)12;7-5-2-1-3-6(8)4-5/h5,9,17H,4,6-7H2,1-3H3;1-4H/t9-;/m0./s1. The lowest BCUT2D eigenvalue weighted by atomic mass is 10.1. The molecule has 4 rings (SSSR count). The second-order valence-electron chi connectivity index (χ2n) is 6.61. The minimum atomic E-state index is -0.294. The molecule has 0 unspecified atom stereocenters.